The molecular formula is C23H43N5O6. The maximum Gasteiger partial charge on any atom is 0.326 e. The number of hydrogen-bond donors (Lipinski definition) is 6. The van der Waals surface area contributed by atoms with Gasteiger partial charge in [0.2, 0.25) is 23.6 Å². The van der Waals surface area contributed by atoms with Crippen LogP contribution >= 0.6 is 0 Å². The van der Waals surface area contributed by atoms with Crippen LogP contribution in [0, 0.1) is 17.8 Å². The van der Waals surface area contributed by atoms with E-state index < -0.39 is 53.8 Å². The van der Waals surface area contributed by atoms with E-state index in [1.54, 1.807) is 0 Å². The number of carboxylic acids is 1. The molecule has 11 nitrogen and oxygen atoms in total. The van der Waals surface area contributed by atoms with Gasteiger partial charge in [0, 0.05) is 6.42 Å². The molecule has 0 aromatic heterocycles. The van der Waals surface area contributed by atoms with Gasteiger partial charge in [-0.25, -0.2) is 4.79 Å². The summed E-state index contributed by atoms with van der Waals surface area (Å²) in [4.78, 5) is 61.0. The molecule has 5 unspecified atom stereocenters. The Kier molecular flexibility index (Phi) is 14.1. The normalized spacial score (nSPS) is 15.7. The van der Waals surface area contributed by atoms with E-state index in [1.165, 1.54) is 0 Å². The largest absolute Gasteiger partial charge is 0.480 e. The van der Waals surface area contributed by atoms with E-state index in [0.29, 0.717) is 12.8 Å². The molecule has 5 atom stereocenters. The molecule has 0 aromatic carbocycles. The Bertz CT molecular complexity index is 712. The average Bonchev–Trinajstić information content (AvgIpc) is 2.73. The van der Waals surface area contributed by atoms with Crippen molar-refractivity contribution in [3.8, 4) is 0 Å². The van der Waals surface area contributed by atoms with Crippen molar-refractivity contribution in [2.45, 2.75) is 97.8 Å². The molecule has 11 heteroatoms. The van der Waals surface area contributed by atoms with E-state index in [9.17, 15) is 29.1 Å². The van der Waals surface area contributed by atoms with Crippen molar-refractivity contribution >= 4 is 29.6 Å². The van der Waals surface area contributed by atoms with Gasteiger partial charge in [0.15, 0.2) is 0 Å². The van der Waals surface area contributed by atoms with Crippen molar-refractivity contribution in [2.75, 3.05) is 0 Å². The van der Waals surface area contributed by atoms with Gasteiger partial charge in [-0.3, -0.25) is 19.2 Å². The minimum absolute atomic E-state index is 0.00177. The van der Waals surface area contributed by atoms with Gasteiger partial charge >= 0.3 is 5.97 Å². The predicted molar refractivity (Wildman–Crippen MR) is 128 cm³/mol. The number of nitrogens with one attached hydrogen (secondary N) is 3. The van der Waals surface area contributed by atoms with E-state index in [0.717, 1.165) is 0 Å². The second-order valence-corrected chi connectivity index (χ2v) is 9.70. The Hall–Kier alpha value is -2.69. The number of amides is 4. The summed E-state index contributed by atoms with van der Waals surface area (Å²) in [5.74, 6) is -3.69. The van der Waals surface area contributed by atoms with Gasteiger partial charge in [0.1, 0.15) is 18.1 Å². The van der Waals surface area contributed by atoms with Crippen molar-refractivity contribution in [3.63, 3.8) is 0 Å². The highest BCUT2D eigenvalue weighted by atomic mass is 16.4. The van der Waals surface area contributed by atoms with Crippen molar-refractivity contribution in [1.29, 1.82) is 0 Å². The van der Waals surface area contributed by atoms with Gasteiger partial charge in [0.05, 0.1) is 6.04 Å². The zero-order valence-electron chi connectivity index (χ0n) is 21.2. The quantitative estimate of drug-likeness (QED) is 0.180. The van der Waals surface area contributed by atoms with Crippen LogP contribution < -0.4 is 27.4 Å². The third-order valence-corrected chi connectivity index (χ3v) is 5.53. The number of carbonyl (C=O) groups is 5. The molecule has 0 bridgehead atoms. The van der Waals surface area contributed by atoms with Crippen LogP contribution in [-0.4, -0.2) is 58.9 Å². The minimum Gasteiger partial charge on any atom is -0.480 e. The minimum atomic E-state index is -1.33. The van der Waals surface area contributed by atoms with Gasteiger partial charge in [-0.15, -0.1) is 0 Å². The van der Waals surface area contributed by atoms with Crippen LogP contribution in [0.4, 0.5) is 0 Å². The molecule has 0 aliphatic heterocycles. The van der Waals surface area contributed by atoms with Crippen molar-refractivity contribution in [1.82, 2.24) is 16.0 Å². The van der Waals surface area contributed by atoms with E-state index in [4.69, 9.17) is 11.5 Å². The fourth-order valence-corrected chi connectivity index (χ4v) is 3.27. The fraction of sp³-hybridized carbons (Fsp3) is 0.783. The van der Waals surface area contributed by atoms with Crippen molar-refractivity contribution in [3.05, 3.63) is 0 Å². The molecule has 0 rings (SSSR count). The molecular weight excluding hydrogens is 442 g/mol. The smallest absolute Gasteiger partial charge is 0.326 e. The Morgan fingerprint density at radius 3 is 1.53 bits per heavy atom. The number of nitrogens with two attached hydrogens (primary N) is 2. The Morgan fingerprint density at radius 1 is 0.765 bits per heavy atom. The number of carbonyl (C=O) groups excluding carboxylic acids is 4. The summed E-state index contributed by atoms with van der Waals surface area (Å²) in [5.41, 5.74) is 11.1. The third kappa shape index (κ3) is 12.0. The van der Waals surface area contributed by atoms with Gasteiger partial charge in [-0.1, -0.05) is 48.0 Å². The summed E-state index contributed by atoms with van der Waals surface area (Å²) in [6, 6.07) is -4.04. The summed E-state index contributed by atoms with van der Waals surface area (Å²) < 4.78 is 0. The number of primary amides is 1. The second-order valence-electron chi connectivity index (χ2n) is 9.70. The molecule has 8 N–H and O–H groups in total. The number of hydrogen-bond acceptors (Lipinski definition) is 6. The lowest BCUT2D eigenvalue weighted by molar-refractivity contribution is -0.142. The maximum atomic E-state index is 13.1. The topological polar surface area (TPSA) is 194 Å². The van der Waals surface area contributed by atoms with Crippen LogP contribution in [-0.2, 0) is 24.0 Å². The second kappa shape index (κ2) is 15.3. The van der Waals surface area contributed by atoms with Crippen LogP contribution in [0.2, 0.25) is 0 Å². The molecule has 0 aliphatic carbocycles. The lowest BCUT2D eigenvalue weighted by Crippen LogP contribution is -2.58. The molecule has 4 amide bonds. The first kappa shape index (κ1) is 31.3. The summed E-state index contributed by atoms with van der Waals surface area (Å²) >= 11 is 0. The number of aliphatic carboxylic acids is 1. The Labute approximate surface area is 202 Å². The fourth-order valence-electron chi connectivity index (χ4n) is 3.27. The van der Waals surface area contributed by atoms with E-state index in [-0.39, 0.29) is 37.0 Å². The number of rotatable bonds is 16. The van der Waals surface area contributed by atoms with Crippen LogP contribution in [0.25, 0.3) is 0 Å². The van der Waals surface area contributed by atoms with Crippen LogP contribution in [0.3, 0.4) is 0 Å². The predicted octanol–water partition coefficient (Wildman–Crippen LogP) is 0.257. The first-order valence-electron chi connectivity index (χ1n) is 11.9. The number of carboxylic acid groups (broad SMARTS) is 1. The zero-order chi connectivity index (χ0) is 26.6. The van der Waals surface area contributed by atoms with Crippen LogP contribution in [0.15, 0.2) is 0 Å². The molecule has 0 saturated heterocycles. The van der Waals surface area contributed by atoms with Crippen LogP contribution in [0.5, 0.6) is 0 Å². The molecule has 34 heavy (non-hydrogen) atoms. The molecule has 0 aromatic rings. The summed E-state index contributed by atoms with van der Waals surface area (Å²) in [6.45, 7) is 11.3. The molecule has 196 valence electrons. The van der Waals surface area contributed by atoms with E-state index in [1.807, 2.05) is 41.5 Å². The van der Waals surface area contributed by atoms with Gasteiger partial charge < -0.3 is 32.5 Å². The molecule has 0 radical (unpaired) electrons. The summed E-state index contributed by atoms with van der Waals surface area (Å²) in [7, 11) is 0. The molecule has 0 aliphatic rings. The Balaban J connectivity index is 5.54. The molecule has 0 saturated carbocycles. The monoisotopic (exact) mass is 485 g/mol. The third-order valence-electron chi connectivity index (χ3n) is 5.53. The van der Waals surface area contributed by atoms with Crippen molar-refractivity contribution < 1.29 is 29.1 Å². The summed E-state index contributed by atoms with van der Waals surface area (Å²) in [5, 5.41) is 17.1. The zero-order valence-corrected chi connectivity index (χ0v) is 21.2. The van der Waals surface area contributed by atoms with Gasteiger partial charge in [-0.05, 0) is 37.0 Å². The molecule has 0 spiro atoms. The van der Waals surface area contributed by atoms with Crippen molar-refractivity contribution in [2.24, 2.45) is 29.2 Å². The molecule has 0 heterocycles. The van der Waals surface area contributed by atoms with Crippen LogP contribution in [0.1, 0.15) is 73.6 Å². The standard InChI is InChI=1S/C23H43N5O6/c1-7-14(6)19(25)22(32)28-17(11-13(4)5)21(31)27-16(10-12(2)3)20(30)26-15(23(33)34)8-9-18(24)29/h12-17,19H,7-11,25H2,1-6H3,(H2,24,29)(H,26,30)(H,27,31)(H,28,32)(H,33,34). The molecule has 0 fully saturated rings. The first-order chi connectivity index (χ1) is 15.7. The highest BCUT2D eigenvalue weighted by molar-refractivity contribution is 5.94. The Morgan fingerprint density at radius 2 is 1.18 bits per heavy atom. The SMILES string of the molecule is CCC(C)C(N)C(=O)NC(CC(C)C)C(=O)NC(CC(C)C)C(=O)NC(CCC(N)=O)C(=O)O. The highest BCUT2D eigenvalue weighted by Crippen LogP contribution is 2.11. The van der Waals surface area contributed by atoms with Gasteiger partial charge in [-0.2, -0.15) is 0 Å². The highest BCUT2D eigenvalue weighted by Gasteiger charge is 2.31. The maximum absolute atomic E-state index is 13.1. The van der Waals surface area contributed by atoms with E-state index >= 15 is 0 Å². The van der Waals surface area contributed by atoms with E-state index in [2.05, 4.69) is 16.0 Å². The first-order valence-corrected chi connectivity index (χ1v) is 11.9. The average molecular weight is 486 g/mol. The summed E-state index contributed by atoms with van der Waals surface area (Å²) in [6.07, 6.45) is 0.897. The van der Waals surface area contributed by atoms with Gasteiger partial charge in [0.25, 0.3) is 0 Å². The lowest BCUT2D eigenvalue weighted by atomic mass is 9.97. The lowest BCUT2D eigenvalue weighted by Gasteiger charge is -2.27.